The average Bonchev–Trinajstić information content (AvgIpc) is 2.36. The van der Waals surface area contributed by atoms with Crippen LogP contribution in [-0.2, 0) is 4.79 Å². The van der Waals surface area contributed by atoms with Crippen molar-refractivity contribution >= 4 is 11.7 Å². The number of rotatable bonds is 6. The molecular formula is C11H17N3O4. The second-order valence-corrected chi connectivity index (χ2v) is 4.03. The van der Waals surface area contributed by atoms with Gasteiger partial charge in [0.2, 0.25) is 11.8 Å². The number of carbonyl (C=O) groups excluding carboxylic acids is 1. The van der Waals surface area contributed by atoms with Gasteiger partial charge in [0.1, 0.15) is 24.9 Å². The van der Waals surface area contributed by atoms with Gasteiger partial charge in [-0.2, -0.15) is 0 Å². The van der Waals surface area contributed by atoms with Crippen molar-refractivity contribution in [3.8, 4) is 5.88 Å². The summed E-state index contributed by atoms with van der Waals surface area (Å²) in [4.78, 5) is 19.1. The molecule has 0 bridgehead atoms. The molecule has 1 atom stereocenters. The lowest BCUT2D eigenvalue weighted by Gasteiger charge is -2.10. The van der Waals surface area contributed by atoms with Gasteiger partial charge in [0.25, 0.3) is 0 Å². The molecule has 1 aromatic heterocycles. The summed E-state index contributed by atoms with van der Waals surface area (Å²) in [6.07, 6.45) is 0.282. The molecular weight excluding hydrogens is 238 g/mol. The number of aliphatic hydroxyl groups is 2. The van der Waals surface area contributed by atoms with Gasteiger partial charge in [-0.3, -0.25) is 4.79 Å². The highest BCUT2D eigenvalue weighted by Crippen LogP contribution is 2.12. The van der Waals surface area contributed by atoms with E-state index in [0.29, 0.717) is 5.82 Å². The number of hydrogen-bond acceptors (Lipinski definition) is 6. The van der Waals surface area contributed by atoms with E-state index in [0.717, 1.165) is 0 Å². The van der Waals surface area contributed by atoms with Gasteiger partial charge in [-0.05, 0) is 0 Å². The molecule has 7 heteroatoms. The number of aliphatic hydroxyl groups excluding tert-OH is 2. The number of ether oxygens (including phenoxy) is 1. The number of aromatic nitrogens is 2. The quantitative estimate of drug-likeness (QED) is 0.650. The summed E-state index contributed by atoms with van der Waals surface area (Å²) in [5.41, 5.74) is 0. The topological polar surface area (TPSA) is 105 Å². The maximum atomic E-state index is 11.5. The van der Waals surface area contributed by atoms with E-state index in [9.17, 15) is 4.79 Å². The van der Waals surface area contributed by atoms with E-state index in [-0.39, 0.29) is 30.9 Å². The molecule has 0 fully saturated rings. The normalized spacial score (nSPS) is 12.3. The van der Waals surface area contributed by atoms with Gasteiger partial charge in [-0.25, -0.2) is 9.97 Å². The third-order valence-corrected chi connectivity index (χ3v) is 2.05. The van der Waals surface area contributed by atoms with Crippen molar-refractivity contribution in [1.29, 1.82) is 0 Å². The summed E-state index contributed by atoms with van der Waals surface area (Å²) in [7, 11) is 0. The summed E-state index contributed by atoms with van der Waals surface area (Å²) in [6.45, 7) is 3.07. The van der Waals surface area contributed by atoms with Crippen LogP contribution in [0.2, 0.25) is 0 Å². The Hall–Kier alpha value is -1.73. The third kappa shape index (κ3) is 4.64. The fraction of sp³-hybridized carbons (Fsp3) is 0.545. The highest BCUT2D eigenvalue weighted by Gasteiger charge is 2.09. The zero-order chi connectivity index (χ0) is 13.5. The number of nitrogens with one attached hydrogen (secondary N) is 1. The molecule has 1 aromatic rings. The minimum Gasteiger partial charge on any atom is -0.475 e. The van der Waals surface area contributed by atoms with Gasteiger partial charge in [0, 0.05) is 12.0 Å². The molecule has 1 rings (SSSR count). The van der Waals surface area contributed by atoms with Crippen molar-refractivity contribution in [3.63, 3.8) is 0 Å². The number of hydrogen-bond donors (Lipinski definition) is 3. The van der Waals surface area contributed by atoms with Crippen LogP contribution in [0.5, 0.6) is 5.88 Å². The predicted molar refractivity (Wildman–Crippen MR) is 64.1 cm³/mol. The molecule has 0 radical (unpaired) electrons. The zero-order valence-corrected chi connectivity index (χ0v) is 10.3. The van der Waals surface area contributed by atoms with Crippen LogP contribution < -0.4 is 10.1 Å². The summed E-state index contributed by atoms with van der Waals surface area (Å²) >= 11 is 0. The van der Waals surface area contributed by atoms with Crippen molar-refractivity contribution in [2.75, 3.05) is 18.5 Å². The molecule has 0 aliphatic carbocycles. The predicted octanol–water partition coefficient (Wildman–Crippen LogP) is -0.197. The smallest absolute Gasteiger partial charge is 0.228 e. The van der Waals surface area contributed by atoms with Crippen molar-refractivity contribution in [2.24, 2.45) is 5.92 Å². The number of amides is 1. The first-order valence-corrected chi connectivity index (χ1v) is 5.57. The molecule has 100 valence electrons. The van der Waals surface area contributed by atoms with E-state index in [4.69, 9.17) is 14.9 Å². The largest absolute Gasteiger partial charge is 0.475 e. The fourth-order valence-corrected chi connectivity index (χ4v) is 0.992. The van der Waals surface area contributed by atoms with E-state index in [1.807, 2.05) is 0 Å². The Kier molecular flexibility index (Phi) is 5.47. The summed E-state index contributed by atoms with van der Waals surface area (Å²) in [5, 5.41) is 20.3. The zero-order valence-electron chi connectivity index (χ0n) is 10.3. The van der Waals surface area contributed by atoms with Gasteiger partial charge in [-0.1, -0.05) is 13.8 Å². The Morgan fingerprint density at radius 3 is 2.83 bits per heavy atom. The van der Waals surface area contributed by atoms with E-state index in [2.05, 4.69) is 15.3 Å². The van der Waals surface area contributed by atoms with Gasteiger partial charge in [0.05, 0.1) is 6.61 Å². The first-order valence-electron chi connectivity index (χ1n) is 5.57. The van der Waals surface area contributed by atoms with Crippen molar-refractivity contribution in [1.82, 2.24) is 9.97 Å². The Balaban J connectivity index is 2.59. The van der Waals surface area contributed by atoms with Crippen LogP contribution in [0.15, 0.2) is 12.4 Å². The molecule has 7 nitrogen and oxygen atoms in total. The second kappa shape index (κ2) is 6.87. The van der Waals surface area contributed by atoms with Crippen molar-refractivity contribution in [3.05, 3.63) is 12.4 Å². The van der Waals surface area contributed by atoms with Gasteiger partial charge in [0.15, 0.2) is 0 Å². The molecule has 0 aliphatic heterocycles. The lowest BCUT2D eigenvalue weighted by molar-refractivity contribution is -0.118. The highest BCUT2D eigenvalue weighted by molar-refractivity contribution is 5.91. The molecule has 0 saturated carbocycles. The molecule has 1 heterocycles. The average molecular weight is 255 g/mol. The molecule has 0 saturated heterocycles. The van der Waals surface area contributed by atoms with Crippen LogP contribution in [0.4, 0.5) is 5.82 Å². The second-order valence-electron chi connectivity index (χ2n) is 4.03. The van der Waals surface area contributed by atoms with Crippen molar-refractivity contribution in [2.45, 2.75) is 20.0 Å². The Bertz CT molecular complexity index is 398. The first kappa shape index (κ1) is 14.3. The molecule has 0 unspecified atom stereocenters. The molecule has 1 amide bonds. The molecule has 0 spiro atoms. The Morgan fingerprint density at radius 1 is 1.50 bits per heavy atom. The number of carbonyl (C=O) groups is 1. The SMILES string of the molecule is CC(C)C(=O)Nc1cc(OC[C@@H](O)CO)ncn1. The third-order valence-electron chi connectivity index (χ3n) is 2.05. The van der Waals surface area contributed by atoms with Crippen LogP contribution in [0.1, 0.15) is 13.8 Å². The lowest BCUT2D eigenvalue weighted by Crippen LogP contribution is -2.22. The summed E-state index contributed by atoms with van der Waals surface area (Å²) in [5.74, 6) is 0.240. The van der Waals surface area contributed by atoms with Gasteiger partial charge in [-0.15, -0.1) is 0 Å². The van der Waals surface area contributed by atoms with Gasteiger partial charge >= 0.3 is 0 Å². The number of anilines is 1. The molecule has 3 N–H and O–H groups in total. The highest BCUT2D eigenvalue weighted by atomic mass is 16.5. The fourth-order valence-electron chi connectivity index (χ4n) is 0.992. The minimum absolute atomic E-state index is 0.0783. The molecule has 18 heavy (non-hydrogen) atoms. The van der Waals surface area contributed by atoms with Crippen LogP contribution in [0.3, 0.4) is 0 Å². The van der Waals surface area contributed by atoms with Crippen LogP contribution >= 0.6 is 0 Å². The van der Waals surface area contributed by atoms with Crippen LogP contribution in [-0.4, -0.2) is 45.4 Å². The molecule has 0 aromatic carbocycles. The number of nitrogens with zero attached hydrogens (tertiary/aromatic N) is 2. The summed E-state index contributed by atoms with van der Waals surface area (Å²) in [6, 6.07) is 1.45. The minimum atomic E-state index is -0.964. The maximum Gasteiger partial charge on any atom is 0.228 e. The van der Waals surface area contributed by atoms with Gasteiger partial charge < -0.3 is 20.3 Å². The van der Waals surface area contributed by atoms with E-state index in [1.54, 1.807) is 13.8 Å². The molecule has 0 aliphatic rings. The van der Waals surface area contributed by atoms with Crippen LogP contribution in [0, 0.1) is 5.92 Å². The Labute approximate surface area is 105 Å². The van der Waals surface area contributed by atoms with Crippen molar-refractivity contribution < 1.29 is 19.7 Å². The monoisotopic (exact) mass is 255 g/mol. The van der Waals surface area contributed by atoms with E-state index >= 15 is 0 Å². The van der Waals surface area contributed by atoms with Crippen LogP contribution in [0.25, 0.3) is 0 Å². The lowest BCUT2D eigenvalue weighted by atomic mass is 10.2. The Morgan fingerprint density at radius 2 is 2.22 bits per heavy atom. The van der Waals surface area contributed by atoms with E-state index in [1.165, 1.54) is 12.4 Å². The maximum absolute atomic E-state index is 11.5. The summed E-state index contributed by atoms with van der Waals surface area (Å²) < 4.78 is 5.13. The first-order chi connectivity index (χ1) is 8.52. The van der Waals surface area contributed by atoms with E-state index < -0.39 is 6.10 Å². The standard InChI is InChI=1S/C11H17N3O4/c1-7(2)11(17)14-9-3-10(13-6-12-9)18-5-8(16)4-15/h3,6-8,15-16H,4-5H2,1-2H3,(H,12,13,14,17)/t8-/m0/s1.